The van der Waals surface area contributed by atoms with Crippen molar-refractivity contribution in [2.75, 3.05) is 16.2 Å². The molecule has 1 amide bonds. The number of fused-ring (bicyclic) bond motifs is 1. The lowest BCUT2D eigenvalue weighted by Crippen LogP contribution is -2.23. The molecule has 0 aliphatic carbocycles. The predicted molar refractivity (Wildman–Crippen MR) is 101 cm³/mol. The minimum atomic E-state index is -3.75. The Balaban J connectivity index is 1.63. The second-order valence-corrected chi connectivity index (χ2v) is 7.81. The van der Waals surface area contributed by atoms with Crippen LogP contribution in [-0.2, 0) is 14.8 Å². The molecule has 1 aromatic heterocycles. The molecule has 7 heteroatoms. The highest BCUT2D eigenvalue weighted by Crippen LogP contribution is 2.26. The first-order chi connectivity index (χ1) is 12.5. The highest BCUT2D eigenvalue weighted by atomic mass is 32.2. The van der Waals surface area contributed by atoms with E-state index in [1.165, 1.54) is 12.1 Å². The maximum atomic E-state index is 12.7. The van der Waals surface area contributed by atoms with Gasteiger partial charge in [-0.25, -0.2) is 8.42 Å². The van der Waals surface area contributed by atoms with E-state index in [0.717, 1.165) is 17.5 Å². The second kappa shape index (κ2) is 6.42. The van der Waals surface area contributed by atoms with Crippen molar-refractivity contribution < 1.29 is 13.2 Å². The molecule has 26 heavy (non-hydrogen) atoms. The van der Waals surface area contributed by atoms with Gasteiger partial charge >= 0.3 is 0 Å². The molecule has 132 valence electrons. The molecule has 0 spiro atoms. The molecule has 1 aliphatic heterocycles. The van der Waals surface area contributed by atoms with E-state index >= 15 is 0 Å². The molecular weight excluding hydrogens is 350 g/mol. The molecule has 0 atom stereocenters. The smallest absolute Gasteiger partial charge is 0.261 e. The number of anilines is 2. The lowest BCUT2D eigenvalue weighted by atomic mass is 10.2. The lowest BCUT2D eigenvalue weighted by molar-refractivity contribution is -0.117. The van der Waals surface area contributed by atoms with Crippen LogP contribution in [-0.4, -0.2) is 25.9 Å². The molecule has 1 N–H and O–H groups in total. The summed E-state index contributed by atoms with van der Waals surface area (Å²) in [5.41, 5.74) is 1.75. The van der Waals surface area contributed by atoms with Crippen LogP contribution in [0.15, 0.2) is 65.7 Å². The highest BCUT2D eigenvalue weighted by molar-refractivity contribution is 7.92. The van der Waals surface area contributed by atoms with Gasteiger partial charge in [-0.3, -0.25) is 14.5 Å². The first-order valence-corrected chi connectivity index (χ1v) is 9.80. The standard InChI is InChI=1S/C19H17N3O3S/c23-18-7-3-13-22(18)15-8-10-16(11-9-15)26(24,25)21-17-6-1-4-14-5-2-12-20-19(14)17/h1-2,4-6,8-12,21H,3,7,13H2. The lowest BCUT2D eigenvalue weighted by Gasteiger charge is -2.16. The van der Waals surface area contributed by atoms with Crippen LogP contribution in [0.4, 0.5) is 11.4 Å². The monoisotopic (exact) mass is 367 g/mol. The fraction of sp³-hybridized carbons (Fsp3) is 0.158. The largest absolute Gasteiger partial charge is 0.312 e. The Labute approximate surface area is 151 Å². The first-order valence-electron chi connectivity index (χ1n) is 8.32. The summed E-state index contributed by atoms with van der Waals surface area (Å²) in [5, 5.41) is 0.857. The van der Waals surface area contributed by atoms with Gasteiger partial charge in [-0.15, -0.1) is 0 Å². The number of para-hydroxylation sites is 1. The Morgan fingerprint density at radius 3 is 2.50 bits per heavy atom. The van der Waals surface area contributed by atoms with Crippen molar-refractivity contribution in [2.45, 2.75) is 17.7 Å². The number of aromatic nitrogens is 1. The van der Waals surface area contributed by atoms with Crippen molar-refractivity contribution >= 4 is 38.2 Å². The minimum Gasteiger partial charge on any atom is -0.312 e. The zero-order chi connectivity index (χ0) is 18.1. The highest BCUT2D eigenvalue weighted by Gasteiger charge is 2.22. The Bertz CT molecular complexity index is 1070. The van der Waals surface area contributed by atoms with Crippen molar-refractivity contribution in [3.05, 3.63) is 60.8 Å². The van der Waals surface area contributed by atoms with E-state index in [2.05, 4.69) is 9.71 Å². The molecule has 1 aliphatic rings. The number of carbonyl (C=O) groups is 1. The third kappa shape index (κ3) is 3.01. The average molecular weight is 367 g/mol. The van der Waals surface area contributed by atoms with Gasteiger partial charge in [0.25, 0.3) is 10.0 Å². The number of nitrogens with one attached hydrogen (secondary N) is 1. The minimum absolute atomic E-state index is 0.0700. The normalized spacial score (nSPS) is 14.8. The molecule has 1 saturated heterocycles. The van der Waals surface area contributed by atoms with Crippen molar-refractivity contribution in [1.82, 2.24) is 4.98 Å². The molecule has 1 fully saturated rings. The number of rotatable bonds is 4. The van der Waals surface area contributed by atoms with Gasteiger partial charge < -0.3 is 4.90 Å². The van der Waals surface area contributed by atoms with Crippen molar-refractivity contribution in [2.24, 2.45) is 0 Å². The molecule has 2 heterocycles. The Hall–Kier alpha value is -2.93. The Kier molecular flexibility index (Phi) is 4.08. The molecule has 0 unspecified atom stereocenters. The van der Waals surface area contributed by atoms with E-state index < -0.39 is 10.0 Å². The summed E-state index contributed by atoms with van der Waals surface area (Å²) in [6, 6.07) is 15.4. The molecule has 0 radical (unpaired) electrons. The van der Waals surface area contributed by atoms with Crippen molar-refractivity contribution in [1.29, 1.82) is 0 Å². The maximum absolute atomic E-state index is 12.7. The number of nitrogens with zero attached hydrogens (tertiary/aromatic N) is 2. The first kappa shape index (κ1) is 16.5. The number of carbonyl (C=O) groups excluding carboxylic acids is 1. The van der Waals surface area contributed by atoms with Crippen LogP contribution in [0.2, 0.25) is 0 Å². The van der Waals surface area contributed by atoms with Crippen LogP contribution in [0.25, 0.3) is 10.9 Å². The van der Waals surface area contributed by atoms with Gasteiger partial charge in [0.2, 0.25) is 5.91 Å². The number of sulfonamides is 1. The van der Waals surface area contributed by atoms with Gasteiger partial charge in [0.15, 0.2) is 0 Å². The maximum Gasteiger partial charge on any atom is 0.261 e. The average Bonchev–Trinajstić information content (AvgIpc) is 3.08. The van der Waals surface area contributed by atoms with Crippen LogP contribution >= 0.6 is 0 Å². The molecular formula is C19H17N3O3S. The van der Waals surface area contributed by atoms with E-state index in [-0.39, 0.29) is 10.8 Å². The SMILES string of the molecule is O=C1CCCN1c1ccc(S(=O)(=O)Nc2cccc3cccnc23)cc1. The summed E-state index contributed by atoms with van der Waals surface area (Å²) in [7, 11) is -3.75. The zero-order valence-electron chi connectivity index (χ0n) is 13.9. The number of amides is 1. The summed E-state index contributed by atoms with van der Waals surface area (Å²) in [6.07, 6.45) is 2.99. The van der Waals surface area contributed by atoms with Crippen LogP contribution in [0, 0.1) is 0 Å². The molecule has 2 aromatic carbocycles. The third-order valence-electron chi connectivity index (χ3n) is 4.41. The van der Waals surface area contributed by atoms with Gasteiger partial charge in [0.05, 0.1) is 16.1 Å². The van der Waals surface area contributed by atoms with E-state index in [0.29, 0.717) is 24.2 Å². The van der Waals surface area contributed by atoms with Crippen LogP contribution < -0.4 is 9.62 Å². The second-order valence-electron chi connectivity index (χ2n) is 6.13. The summed E-state index contributed by atoms with van der Waals surface area (Å²) in [6.45, 7) is 0.671. The number of pyridine rings is 1. The van der Waals surface area contributed by atoms with Gasteiger partial charge in [-0.2, -0.15) is 0 Å². The van der Waals surface area contributed by atoms with Crippen LogP contribution in [0.3, 0.4) is 0 Å². The number of hydrogen-bond acceptors (Lipinski definition) is 4. The van der Waals surface area contributed by atoms with E-state index in [4.69, 9.17) is 0 Å². The van der Waals surface area contributed by atoms with Crippen molar-refractivity contribution in [3.63, 3.8) is 0 Å². The number of benzene rings is 2. The van der Waals surface area contributed by atoms with E-state index in [1.54, 1.807) is 41.4 Å². The van der Waals surface area contributed by atoms with Gasteiger partial charge in [-0.05, 0) is 42.8 Å². The summed E-state index contributed by atoms with van der Waals surface area (Å²) in [5.74, 6) is 0.0700. The quantitative estimate of drug-likeness (QED) is 0.768. The third-order valence-corrected chi connectivity index (χ3v) is 5.79. The molecule has 6 nitrogen and oxygen atoms in total. The predicted octanol–water partition coefficient (Wildman–Crippen LogP) is 3.16. The Morgan fingerprint density at radius 2 is 1.77 bits per heavy atom. The topological polar surface area (TPSA) is 79.4 Å². The molecule has 0 bridgehead atoms. The van der Waals surface area contributed by atoms with Gasteiger partial charge in [0, 0.05) is 30.2 Å². The number of hydrogen-bond donors (Lipinski definition) is 1. The molecule has 0 saturated carbocycles. The Morgan fingerprint density at radius 1 is 1.00 bits per heavy atom. The zero-order valence-corrected chi connectivity index (χ0v) is 14.7. The summed E-state index contributed by atoms with van der Waals surface area (Å²) in [4.78, 5) is 17.9. The van der Waals surface area contributed by atoms with Gasteiger partial charge in [0.1, 0.15) is 0 Å². The van der Waals surface area contributed by atoms with Crippen LogP contribution in [0.5, 0.6) is 0 Å². The van der Waals surface area contributed by atoms with Crippen molar-refractivity contribution in [3.8, 4) is 0 Å². The summed E-state index contributed by atoms with van der Waals surface area (Å²) < 4.78 is 28.1. The van der Waals surface area contributed by atoms with E-state index in [1.807, 2.05) is 12.1 Å². The molecule has 3 aromatic rings. The fourth-order valence-corrected chi connectivity index (χ4v) is 4.18. The molecule has 4 rings (SSSR count). The van der Waals surface area contributed by atoms with E-state index in [9.17, 15) is 13.2 Å². The fourth-order valence-electron chi connectivity index (χ4n) is 3.12. The van der Waals surface area contributed by atoms with Gasteiger partial charge in [-0.1, -0.05) is 18.2 Å². The summed E-state index contributed by atoms with van der Waals surface area (Å²) >= 11 is 0. The van der Waals surface area contributed by atoms with Crippen LogP contribution in [0.1, 0.15) is 12.8 Å².